The molecule has 0 saturated heterocycles. The summed E-state index contributed by atoms with van der Waals surface area (Å²) >= 11 is 12.1. The van der Waals surface area contributed by atoms with Crippen molar-refractivity contribution in [2.45, 2.75) is 32.0 Å². The summed E-state index contributed by atoms with van der Waals surface area (Å²) in [4.78, 5) is 0. The molecule has 0 spiro atoms. The predicted octanol–water partition coefficient (Wildman–Crippen LogP) is 1.84. The van der Waals surface area contributed by atoms with Gasteiger partial charge < -0.3 is 27.2 Å². The molecule has 0 amide bonds. The van der Waals surface area contributed by atoms with E-state index in [9.17, 15) is 0 Å². The van der Waals surface area contributed by atoms with Gasteiger partial charge in [-0.3, -0.25) is 0 Å². The van der Waals surface area contributed by atoms with Crippen LogP contribution in [0.1, 0.15) is 24.0 Å². The number of ether oxygens (including phenoxy) is 2. The fourth-order valence-corrected chi connectivity index (χ4v) is 2.82. The molecule has 2 aromatic carbocycles. The molecule has 0 atom stereocenters. The average molecular weight is 388 g/mol. The Kier molecular flexibility index (Phi) is 7.05. The molecule has 3 rings (SSSR count). The zero-order chi connectivity index (χ0) is 16.2. The van der Waals surface area contributed by atoms with Crippen LogP contribution in [-0.4, -0.2) is 13.2 Å². The van der Waals surface area contributed by atoms with Crippen molar-refractivity contribution in [1.29, 1.82) is 0 Å². The minimum absolute atomic E-state index is 0. The predicted molar refractivity (Wildman–Crippen MR) is 93.6 cm³/mol. The number of para-hydroxylation sites is 1. The summed E-state index contributed by atoms with van der Waals surface area (Å²) in [6.07, 6.45) is 2.50. The maximum absolute atomic E-state index is 6.21. The summed E-state index contributed by atoms with van der Waals surface area (Å²) in [5.41, 5.74) is 1.98. The van der Waals surface area contributed by atoms with Gasteiger partial charge in [-0.25, -0.2) is 0 Å². The lowest BCUT2D eigenvalue weighted by molar-refractivity contribution is -0.00000507. The van der Waals surface area contributed by atoms with Crippen molar-refractivity contribution in [3.63, 3.8) is 0 Å². The van der Waals surface area contributed by atoms with E-state index in [4.69, 9.17) is 32.7 Å². The highest BCUT2D eigenvalue weighted by atomic mass is 35.5. The Morgan fingerprint density at radius 2 is 1.92 bits per heavy atom. The molecule has 1 N–H and O–H groups in total. The Morgan fingerprint density at radius 3 is 2.58 bits per heavy atom. The van der Waals surface area contributed by atoms with Crippen molar-refractivity contribution >= 4 is 23.2 Å². The number of halogens is 3. The number of hydrogen-bond donors (Lipinski definition) is 1. The van der Waals surface area contributed by atoms with E-state index < -0.39 is 0 Å². The van der Waals surface area contributed by atoms with E-state index in [0.29, 0.717) is 22.7 Å². The Balaban J connectivity index is 0.00000208. The first-order chi connectivity index (χ1) is 11.2. The maximum Gasteiger partial charge on any atom is 0.166 e. The van der Waals surface area contributed by atoms with Gasteiger partial charge in [0.25, 0.3) is 0 Å². The molecule has 0 aliphatic heterocycles. The summed E-state index contributed by atoms with van der Waals surface area (Å²) < 4.78 is 11.5. The van der Waals surface area contributed by atoms with Gasteiger partial charge >= 0.3 is 0 Å². The summed E-state index contributed by atoms with van der Waals surface area (Å²) in [6.45, 7) is 1.14. The summed E-state index contributed by atoms with van der Waals surface area (Å²) in [6, 6.07) is 12.0. The fourth-order valence-electron chi connectivity index (χ4n) is 2.36. The highest BCUT2D eigenvalue weighted by Gasteiger charge is 2.21. The van der Waals surface area contributed by atoms with Gasteiger partial charge in [0.15, 0.2) is 11.5 Å². The first kappa shape index (κ1) is 19.2. The van der Waals surface area contributed by atoms with Gasteiger partial charge in [0, 0.05) is 33.8 Å². The molecular weight excluding hydrogens is 369 g/mol. The minimum atomic E-state index is 0. The minimum Gasteiger partial charge on any atom is -1.00 e. The molecule has 0 radical (unpaired) electrons. The highest BCUT2D eigenvalue weighted by Crippen LogP contribution is 2.33. The molecule has 130 valence electrons. The van der Waals surface area contributed by atoms with Crippen molar-refractivity contribution in [2.75, 3.05) is 7.11 Å². The van der Waals surface area contributed by atoms with Crippen LogP contribution in [0.3, 0.4) is 0 Å². The second-order valence-corrected chi connectivity index (χ2v) is 6.47. The molecule has 1 saturated carbocycles. The van der Waals surface area contributed by atoms with Crippen LogP contribution in [0.15, 0.2) is 36.4 Å². The van der Waals surface area contributed by atoms with Gasteiger partial charge in [0.2, 0.25) is 0 Å². The van der Waals surface area contributed by atoms with Crippen LogP contribution >= 0.6 is 23.2 Å². The van der Waals surface area contributed by atoms with Crippen LogP contribution in [0.4, 0.5) is 0 Å². The first-order valence-electron chi connectivity index (χ1n) is 7.63. The van der Waals surface area contributed by atoms with Gasteiger partial charge in [0.05, 0.1) is 7.11 Å². The lowest BCUT2D eigenvalue weighted by atomic mass is 10.1. The van der Waals surface area contributed by atoms with Crippen molar-refractivity contribution in [2.24, 2.45) is 0 Å². The van der Waals surface area contributed by atoms with Crippen LogP contribution in [0, 0.1) is 0 Å². The summed E-state index contributed by atoms with van der Waals surface area (Å²) in [5.74, 6) is 1.49. The van der Waals surface area contributed by atoms with Crippen molar-refractivity contribution in [1.82, 2.24) is 5.32 Å². The van der Waals surface area contributed by atoms with Crippen molar-refractivity contribution < 1.29 is 21.9 Å². The van der Waals surface area contributed by atoms with Gasteiger partial charge in [-0.1, -0.05) is 41.4 Å². The van der Waals surface area contributed by atoms with Crippen LogP contribution in [-0.2, 0) is 13.2 Å². The van der Waals surface area contributed by atoms with E-state index in [1.807, 2.05) is 24.3 Å². The number of rotatable bonds is 7. The maximum atomic E-state index is 6.21. The first-order valence-corrected chi connectivity index (χ1v) is 8.39. The number of nitrogens with one attached hydrogen (secondary N) is 1. The van der Waals surface area contributed by atoms with Crippen LogP contribution in [0.5, 0.6) is 11.5 Å². The molecule has 6 heteroatoms. The normalized spacial score (nSPS) is 13.3. The molecule has 1 aliphatic carbocycles. The van der Waals surface area contributed by atoms with Crippen LogP contribution in [0.2, 0.25) is 10.0 Å². The molecule has 0 unspecified atom stereocenters. The molecule has 1 aliphatic rings. The average Bonchev–Trinajstić information content (AvgIpc) is 3.36. The van der Waals surface area contributed by atoms with E-state index in [-0.39, 0.29) is 12.4 Å². The van der Waals surface area contributed by atoms with E-state index in [2.05, 4.69) is 11.4 Å². The lowest BCUT2D eigenvalue weighted by Crippen LogP contribution is -3.00. The van der Waals surface area contributed by atoms with Crippen LogP contribution in [0.25, 0.3) is 0 Å². The van der Waals surface area contributed by atoms with Gasteiger partial charge in [0.1, 0.15) is 6.61 Å². The third kappa shape index (κ3) is 4.93. The van der Waals surface area contributed by atoms with Gasteiger partial charge in [-0.2, -0.15) is 0 Å². The van der Waals surface area contributed by atoms with Crippen molar-refractivity contribution in [3.8, 4) is 11.5 Å². The number of benzene rings is 2. The number of methoxy groups -OCH3 is 1. The Bertz CT molecular complexity index is 690. The van der Waals surface area contributed by atoms with Gasteiger partial charge in [-0.15, -0.1) is 0 Å². The lowest BCUT2D eigenvalue weighted by Gasteiger charge is -2.16. The van der Waals surface area contributed by atoms with E-state index >= 15 is 0 Å². The SMILES string of the molecule is COc1cccc(CNC2CC2)c1OCc1ccc(Cl)cc1Cl.[Cl-]. The van der Waals surface area contributed by atoms with Crippen LogP contribution < -0.4 is 27.2 Å². The second-order valence-electron chi connectivity index (χ2n) is 5.63. The van der Waals surface area contributed by atoms with E-state index in [1.54, 1.807) is 13.2 Å². The van der Waals surface area contributed by atoms with E-state index in [1.165, 1.54) is 12.8 Å². The summed E-state index contributed by atoms with van der Waals surface area (Å²) in [5, 5.41) is 4.72. The molecule has 0 heterocycles. The molecular formula is C18H19Cl3NO2-. The molecule has 2 aromatic rings. The molecule has 0 aromatic heterocycles. The third-order valence-corrected chi connectivity index (χ3v) is 4.41. The standard InChI is InChI=1S/C18H19Cl2NO2.ClH/c1-22-17-4-2-3-12(10-21-15-7-8-15)18(17)23-11-13-5-6-14(19)9-16(13)20;/h2-6,9,15,21H,7-8,10-11H2,1H3;1H/p-1. The monoisotopic (exact) mass is 386 g/mol. The number of hydrogen-bond acceptors (Lipinski definition) is 3. The zero-order valence-corrected chi connectivity index (χ0v) is 15.6. The quantitative estimate of drug-likeness (QED) is 0.786. The third-order valence-electron chi connectivity index (χ3n) is 3.83. The zero-order valence-electron chi connectivity index (χ0n) is 13.3. The van der Waals surface area contributed by atoms with Crippen molar-refractivity contribution in [3.05, 3.63) is 57.6 Å². The Hall–Kier alpha value is -1.13. The Morgan fingerprint density at radius 1 is 1.12 bits per heavy atom. The van der Waals surface area contributed by atoms with E-state index in [0.717, 1.165) is 29.2 Å². The Labute approximate surface area is 158 Å². The fraction of sp³-hybridized carbons (Fsp3) is 0.333. The smallest absolute Gasteiger partial charge is 0.166 e. The molecule has 24 heavy (non-hydrogen) atoms. The largest absolute Gasteiger partial charge is 1.00 e. The molecule has 0 bridgehead atoms. The topological polar surface area (TPSA) is 30.5 Å². The molecule has 3 nitrogen and oxygen atoms in total. The summed E-state index contributed by atoms with van der Waals surface area (Å²) in [7, 11) is 1.65. The van der Waals surface area contributed by atoms with Gasteiger partial charge in [-0.05, 0) is 31.0 Å². The highest BCUT2D eigenvalue weighted by molar-refractivity contribution is 6.35. The second kappa shape index (κ2) is 8.82. The molecule has 1 fully saturated rings.